The van der Waals surface area contributed by atoms with Gasteiger partial charge in [-0.05, 0) is 104 Å². The topological polar surface area (TPSA) is 86.8 Å². The number of carbonyl (C=O) groups is 2. The maximum atomic E-state index is 14.3. The highest BCUT2D eigenvalue weighted by Crippen LogP contribution is 2.59. The highest BCUT2D eigenvalue weighted by atomic mass is 35.5. The number of sulfonamides is 1. The zero-order chi connectivity index (χ0) is 30.1. The van der Waals surface area contributed by atoms with Crippen LogP contribution in [0.25, 0.3) is 0 Å². The number of halogens is 2. The first-order valence-corrected chi connectivity index (χ1v) is 16.7. The van der Waals surface area contributed by atoms with Gasteiger partial charge in [-0.1, -0.05) is 29.8 Å². The SMILES string of the molecule is CC(=O)N1CCC2(CC1)c1cc(C(=O)NC3(c4ccccc4Cl)CC3)ccc1N(S(=O)(=O)c1ccc(F)cc1)C2C1CC1. The molecule has 2 aliphatic carbocycles. The number of carbonyl (C=O) groups excluding carboxylic acids is 2. The standard InChI is InChI=1S/C33H33ClFN3O4S/c1-21(39)37-18-16-32(17-19-37)27-20-23(31(40)36-33(14-15-33)26-4-2-3-5-28(26)34)8-13-29(27)38(30(32)22-6-7-22)43(41,42)25-11-9-24(35)10-12-25/h2-5,8-13,20,22,30H,6-7,14-19H2,1H3,(H,36,40). The number of nitrogens with zero attached hydrogens (tertiary/aromatic N) is 2. The van der Waals surface area contributed by atoms with E-state index in [1.54, 1.807) is 23.4 Å². The number of amides is 2. The summed E-state index contributed by atoms with van der Waals surface area (Å²) in [5.41, 5.74) is 1.65. The zero-order valence-corrected chi connectivity index (χ0v) is 25.4. The molecule has 1 unspecified atom stereocenters. The molecule has 0 radical (unpaired) electrons. The molecule has 2 amide bonds. The average molecular weight is 622 g/mol. The Labute approximate surface area is 256 Å². The molecule has 1 spiro atoms. The molecule has 1 N–H and O–H groups in total. The van der Waals surface area contributed by atoms with Gasteiger partial charge in [-0.25, -0.2) is 12.8 Å². The van der Waals surface area contributed by atoms with E-state index in [0.717, 1.165) is 48.9 Å². The Balaban J connectivity index is 1.31. The Morgan fingerprint density at radius 2 is 1.60 bits per heavy atom. The van der Waals surface area contributed by atoms with Gasteiger partial charge in [-0.15, -0.1) is 0 Å². The van der Waals surface area contributed by atoms with Crippen molar-refractivity contribution in [2.24, 2.45) is 5.92 Å². The molecule has 3 aromatic rings. The molecule has 10 heteroatoms. The zero-order valence-electron chi connectivity index (χ0n) is 23.9. The van der Waals surface area contributed by atoms with Gasteiger partial charge in [0.15, 0.2) is 0 Å². The van der Waals surface area contributed by atoms with E-state index in [9.17, 15) is 22.4 Å². The number of benzene rings is 3. The van der Waals surface area contributed by atoms with E-state index in [2.05, 4.69) is 5.32 Å². The Bertz CT molecular complexity index is 1730. The van der Waals surface area contributed by atoms with Crippen molar-refractivity contribution in [1.82, 2.24) is 10.2 Å². The Hall–Kier alpha value is -3.43. The third-order valence-corrected chi connectivity index (χ3v) is 12.0. The maximum absolute atomic E-state index is 14.3. The third-order valence-electron chi connectivity index (χ3n) is 9.88. The first-order valence-electron chi connectivity index (χ1n) is 14.8. The van der Waals surface area contributed by atoms with Crippen molar-refractivity contribution in [3.05, 3.63) is 94.3 Å². The molecule has 7 rings (SSSR count). The molecule has 2 heterocycles. The summed E-state index contributed by atoms with van der Waals surface area (Å²) in [6.45, 7) is 2.57. The molecule has 1 atom stereocenters. The van der Waals surface area contributed by atoms with Crippen molar-refractivity contribution in [2.45, 2.75) is 67.3 Å². The van der Waals surface area contributed by atoms with Crippen LogP contribution in [0.2, 0.25) is 5.02 Å². The molecule has 1 saturated heterocycles. The second-order valence-electron chi connectivity index (χ2n) is 12.4. The number of hydrogen-bond acceptors (Lipinski definition) is 4. The fourth-order valence-electron chi connectivity index (χ4n) is 7.37. The number of piperidine rings is 1. The lowest BCUT2D eigenvalue weighted by atomic mass is 9.68. The van der Waals surface area contributed by atoms with Crippen LogP contribution in [-0.2, 0) is 25.8 Å². The number of fused-ring (bicyclic) bond motifs is 2. The van der Waals surface area contributed by atoms with Gasteiger partial charge in [0.25, 0.3) is 15.9 Å². The second kappa shape index (κ2) is 10.1. The van der Waals surface area contributed by atoms with E-state index in [-0.39, 0.29) is 28.7 Å². The lowest BCUT2D eigenvalue weighted by Crippen LogP contribution is -2.54. The minimum absolute atomic E-state index is 0.00531. The monoisotopic (exact) mass is 621 g/mol. The largest absolute Gasteiger partial charge is 0.343 e. The molecule has 224 valence electrons. The second-order valence-corrected chi connectivity index (χ2v) is 14.7. The molecule has 0 aromatic heterocycles. The quantitative estimate of drug-likeness (QED) is 0.379. The fourth-order valence-corrected chi connectivity index (χ4v) is 9.48. The predicted molar refractivity (Wildman–Crippen MR) is 162 cm³/mol. The molecule has 4 aliphatic rings. The molecule has 0 bridgehead atoms. The van der Waals surface area contributed by atoms with Gasteiger partial charge in [-0.3, -0.25) is 13.9 Å². The number of anilines is 1. The van der Waals surface area contributed by atoms with E-state index in [4.69, 9.17) is 11.6 Å². The summed E-state index contributed by atoms with van der Waals surface area (Å²) in [5, 5.41) is 3.83. The van der Waals surface area contributed by atoms with Crippen molar-refractivity contribution in [1.29, 1.82) is 0 Å². The van der Waals surface area contributed by atoms with Gasteiger partial charge in [-0.2, -0.15) is 0 Å². The van der Waals surface area contributed by atoms with Crippen LogP contribution < -0.4 is 9.62 Å². The van der Waals surface area contributed by atoms with Crippen LogP contribution in [0, 0.1) is 11.7 Å². The Morgan fingerprint density at radius 1 is 0.930 bits per heavy atom. The average Bonchev–Trinajstić information content (AvgIpc) is 3.93. The van der Waals surface area contributed by atoms with Crippen molar-refractivity contribution in [3.63, 3.8) is 0 Å². The summed E-state index contributed by atoms with van der Waals surface area (Å²) in [5.74, 6) is -0.596. The van der Waals surface area contributed by atoms with Crippen molar-refractivity contribution < 1.29 is 22.4 Å². The van der Waals surface area contributed by atoms with Crippen LogP contribution >= 0.6 is 11.6 Å². The predicted octanol–water partition coefficient (Wildman–Crippen LogP) is 5.77. The van der Waals surface area contributed by atoms with Crippen LogP contribution in [0.4, 0.5) is 10.1 Å². The molecular formula is C33H33ClFN3O4S. The van der Waals surface area contributed by atoms with E-state index in [0.29, 0.717) is 42.2 Å². The van der Waals surface area contributed by atoms with E-state index in [1.165, 1.54) is 12.1 Å². The van der Waals surface area contributed by atoms with Gasteiger partial charge >= 0.3 is 0 Å². The number of hydrogen-bond donors (Lipinski definition) is 1. The maximum Gasteiger partial charge on any atom is 0.264 e. The summed E-state index contributed by atoms with van der Waals surface area (Å²) in [7, 11) is -4.05. The molecule has 7 nitrogen and oxygen atoms in total. The van der Waals surface area contributed by atoms with Crippen LogP contribution in [0.15, 0.2) is 71.6 Å². The van der Waals surface area contributed by atoms with Gasteiger partial charge in [0, 0.05) is 36.0 Å². The van der Waals surface area contributed by atoms with Crippen molar-refractivity contribution in [2.75, 3.05) is 17.4 Å². The first-order chi connectivity index (χ1) is 20.6. The summed E-state index contributed by atoms with van der Waals surface area (Å²) >= 11 is 6.49. The highest BCUT2D eigenvalue weighted by molar-refractivity contribution is 7.92. The molecule has 43 heavy (non-hydrogen) atoms. The minimum atomic E-state index is -4.05. The third kappa shape index (κ3) is 4.63. The van der Waals surface area contributed by atoms with Crippen molar-refractivity contribution >= 4 is 39.1 Å². The van der Waals surface area contributed by atoms with Crippen LogP contribution in [0.5, 0.6) is 0 Å². The summed E-state index contributed by atoms with van der Waals surface area (Å²) < 4.78 is 43.9. The van der Waals surface area contributed by atoms with Gasteiger partial charge in [0.05, 0.1) is 22.2 Å². The highest BCUT2D eigenvalue weighted by Gasteiger charge is 2.60. The lowest BCUT2D eigenvalue weighted by Gasteiger charge is -2.45. The Morgan fingerprint density at radius 3 is 2.21 bits per heavy atom. The summed E-state index contributed by atoms with van der Waals surface area (Å²) in [4.78, 5) is 27.9. The van der Waals surface area contributed by atoms with Crippen molar-refractivity contribution in [3.8, 4) is 0 Å². The van der Waals surface area contributed by atoms with E-state index < -0.39 is 26.8 Å². The van der Waals surface area contributed by atoms with Gasteiger partial charge < -0.3 is 10.2 Å². The Kier molecular flexibility index (Phi) is 6.63. The molecule has 2 aliphatic heterocycles. The fraction of sp³-hybridized carbons (Fsp3) is 0.394. The van der Waals surface area contributed by atoms with Crippen LogP contribution in [0.1, 0.15) is 66.9 Å². The molecule has 3 fully saturated rings. The number of likely N-dealkylation sites (tertiary alicyclic amines) is 1. The van der Waals surface area contributed by atoms with Gasteiger partial charge in [0.1, 0.15) is 5.82 Å². The summed E-state index contributed by atoms with van der Waals surface area (Å²) in [6.07, 6.45) is 4.55. The summed E-state index contributed by atoms with van der Waals surface area (Å²) in [6, 6.07) is 17.4. The normalized spacial score (nSPS) is 21.9. The van der Waals surface area contributed by atoms with Crippen LogP contribution in [-0.4, -0.2) is 44.3 Å². The van der Waals surface area contributed by atoms with E-state index in [1.807, 2.05) is 35.2 Å². The van der Waals surface area contributed by atoms with Crippen LogP contribution in [0.3, 0.4) is 0 Å². The lowest BCUT2D eigenvalue weighted by molar-refractivity contribution is -0.130. The number of rotatable bonds is 6. The minimum Gasteiger partial charge on any atom is -0.343 e. The molecule has 2 saturated carbocycles. The first kappa shape index (κ1) is 28.3. The molecular weight excluding hydrogens is 589 g/mol. The smallest absolute Gasteiger partial charge is 0.264 e. The van der Waals surface area contributed by atoms with Gasteiger partial charge in [0.2, 0.25) is 5.91 Å². The van der Waals surface area contributed by atoms with E-state index >= 15 is 0 Å². The molecule has 3 aromatic carbocycles. The number of nitrogens with one attached hydrogen (secondary N) is 1.